The first-order valence-corrected chi connectivity index (χ1v) is 8.24. The predicted octanol–water partition coefficient (Wildman–Crippen LogP) is 5.12. The highest BCUT2D eigenvalue weighted by Gasteiger charge is 2.12. The highest BCUT2D eigenvalue weighted by Crippen LogP contribution is 2.33. The molecule has 23 heavy (non-hydrogen) atoms. The fraction of sp³-hybridized carbons (Fsp3) is 0. The molecular weight excluding hydrogens is 447 g/mol. The van der Waals surface area contributed by atoms with Crippen molar-refractivity contribution in [1.82, 2.24) is 0 Å². The van der Waals surface area contributed by atoms with Crippen LogP contribution in [0.1, 0.15) is 5.56 Å². The second-order valence-corrected chi connectivity index (χ2v) is 6.66. The molecule has 0 aliphatic heterocycles. The van der Waals surface area contributed by atoms with E-state index in [1.807, 2.05) is 6.07 Å². The number of phenols is 1. The second kappa shape index (κ2) is 7.64. The summed E-state index contributed by atoms with van der Waals surface area (Å²) in [7, 11) is 0. The Balaban J connectivity index is 2.30. The van der Waals surface area contributed by atoms with Gasteiger partial charge >= 0.3 is 0 Å². The van der Waals surface area contributed by atoms with Gasteiger partial charge in [-0.1, -0.05) is 27.5 Å². The molecule has 0 spiro atoms. The van der Waals surface area contributed by atoms with Crippen LogP contribution in [0.15, 0.2) is 50.9 Å². The highest BCUT2D eigenvalue weighted by atomic mass is 79.9. The summed E-state index contributed by atoms with van der Waals surface area (Å²) in [6, 6.07) is 11.6. The Kier molecular flexibility index (Phi) is 5.83. The number of benzene rings is 2. The summed E-state index contributed by atoms with van der Waals surface area (Å²) < 4.78 is 1.15. The molecule has 4 nitrogen and oxygen atoms in total. The number of hydrogen-bond donors (Lipinski definition) is 2. The Morgan fingerprint density at radius 3 is 2.52 bits per heavy atom. The number of amides is 1. The molecule has 0 bridgehead atoms. The summed E-state index contributed by atoms with van der Waals surface area (Å²) in [6.45, 7) is 0. The fourth-order valence-corrected chi connectivity index (χ4v) is 3.12. The van der Waals surface area contributed by atoms with Gasteiger partial charge < -0.3 is 10.4 Å². The van der Waals surface area contributed by atoms with Crippen LogP contribution in [-0.4, -0.2) is 11.0 Å². The van der Waals surface area contributed by atoms with Crippen molar-refractivity contribution >= 4 is 61.1 Å². The standard InChI is InChI=1S/C16H9Br2ClN2O2/c17-11-6-9(15(22)14(18)7-11)5-10(8-20)16(23)21-13-3-1-12(19)2-4-13/h1-7,22H,(H,21,23)/b10-5+. The Morgan fingerprint density at radius 2 is 1.91 bits per heavy atom. The molecule has 0 heterocycles. The summed E-state index contributed by atoms with van der Waals surface area (Å²) in [6.07, 6.45) is 1.32. The minimum Gasteiger partial charge on any atom is -0.506 e. The molecule has 0 aliphatic carbocycles. The van der Waals surface area contributed by atoms with E-state index in [0.717, 1.165) is 0 Å². The van der Waals surface area contributed by atoms with Crippen LogP contribution in [0.25, 0.3) is 6.08 Å². The van der Waals surface area contributed by atoms with Gasteiger partial charge in [0, 0.05) is 20.7 Å². The molecule has 0 aromatic heterocycles. The number of rotatable bonds is 3. The van der Waals surface area contributed by atoms with E-state index < -0.39 is 5.91 Å². The van der Waals surface area contributed by atoms with E-state index in [-0.39, 0.29) is 11.3 Å². The van der Waals surface area contributed by atoms with Gasteiger partial charge in [0.1, 0.15) is 17.4 Å². The van der Waals surface area contributed by atoms with Gasteiger partial charge in [-0.2, -0.15) is 5.26 Å². The summed E-state index contributed by atoms with van der Waals surface area (Å²) in [5, 5.41) is 22.3. The molecule has 2 rings (SSSR count). The molecule has 0 aliphatic rings. The number of anilines is 1. The van der Waals surface area contributed by atoms with Crippen molar-refractivity contribution in [3.8, 4) is 11.8 Å². The molecule has 2 N–H and O–H groups in total. The van der Waals surface area contributed by atoms with Crippen LogP contribution in [0, 0.1) is 11.3 Å². The van der Waals surface area contributed by atoms with Crippen LogP contribution in [0.5, 0.6) is 5.75 Å². The van der Waals surface area contributed by atoms with Gasteiger partial charge in [-0.3, -0.25) is 4.79 Å². The number of halogens is 3. The molecule has 0 atom stereocenters. The van der Waals surface area contributed by atoms with Crippen LogP contribution in [0.3, 0.4) is 0 Å². The Bertz CT molecular complexity index is 827. The third-order valence-corrected chi connectivity index (χ3v) is 4.14. The lowest BCUT2D eigenvalue weighted by molar-refractivity contribution is -0.112. The van der Waals surface area contributed by atoms with E-state index >= 15 is 0 Å². The lowest BCUT2D eigenvalue weighted by Crippen LogP contribution is -2.13. The number of aromatic hydroxyl groups is 1. The maximum atomic E-state index is 12.2. The van der Waals surface area contributed by atoms with Crippen molar-refractivity contribution in [2.45, 2.75) is 0 Å². The predicted molar refractivity (Wildman–Crippen MR) is 97.2 cm³/mol. The topological polar surface area (TPSA) is 73.1 Å². The van der Waals surface area contributed by atoms with Gasteiger partial charge in [0.25, 0.3) is 5.91 Å². The zero-order chi connectivity index (χ0) is 17.0. The number of nitrogens with one attached hydrogen (secondary N) is 1. The van der Waals surface area contributed by atoms with Gasteiger partial charge in [0.2, 0.25) is 0 Å². The van der Waals surface area contributed by atoms with E-state index in [2.05, 4.69) is 37.2 Å². The average molecular weight is 457 g/mol. The lowest BCUT2D eigenvalue weighted by Gasteiger charge is -2.06. The third kappa shape index (κ3) is 4.58. The SMILES string of the molecule is N#C/C(=C\c1cc(Br)cc(Br)c1O)C(=O)Nc1ccc(Cl)cc1. The monoisotopic (exact) mass is 454 g/mol. The summed E-state index contributed by atoms with van der Waals surface area (Å²) in [5.41, 5.74) is 0.717. The van der Waals surface area contributed by atoms with Crippen molar-refractivity contribution in [2.24, 2.45) is 0 Å². The Morgan fingerprint density at radius 1 is 1.26 bits per heavy atom. The molecule has 2 aromatic rings. The molecular formula is C16H9Br2ClN2O2. The van der Waals surface area contributed by atoms with Crippen molar-refractivity contribution in [2.75, 3.05) is 5.32 Å². The summed E-state index contributed by atoms with van der Waals surface area (Å²) in [4.78, 5) is 12.2. The van der Waals surface area contributed by atoms with Crippen molar-refractivity contribution in [3.05, 3.63) is 61.5 Å². The van der Waals surface area contributed by atoms with Gasteiger partial charge in [-0.05, 0) is 58.4 Å². The molecule has 7 heteroatoms. The molecule has 2 aromatic carbocycles. The van der Waals surface area contributed by atoms with Crippen LogP contribution >= 0.6 is 43.5 Å². The van der Waals surface area contributed by atoms with Crippen LogP contribution in [-0.2, 0) is 4.79 Å². The van der Waals surface area contributed by atoms with Crippen molar-refractivity contribution < 1.29 is 9.90 Å². The maximum Gasteiger partial charge on any atom is 0.266 e. The third-order valence-electron chi connectivity index (χ3n) is 2.82. The van der Waals surface area contributed by atoms with E-state index in [9.17, 15) is 15.2 Å². The number of phenolic OH excluding ortho intramolecular Hbond substituents is 1. The van der Waals surface area contributed by atoms with E-state index in [1.54, 1.807) is 36.4 Å². The lowest BCUT2D eigenvalue weighted by atomic mass is 10.1. The number of carbonyl (C=O) groups excluding carboxylic acids is 1. The molecule has 0 saturated heterocycles. The molecule has 0 fully saturated rings. The van der Waals surface area contributed by atoms with Crippen LogP contribution < -0.4 is 5.32 Å². The first-order chi connectivity index (χ1) is 10.9. The maximum absolute atomic E-state index is 12.2. The molecule has 1 amide bonds. The largest absolute Gasteiger partial charge is 0.506 e. The van der Waals surface area contributed by atoms with Crippen molar-refractivity contribution in [1.29, 1.82) is 5.26 Å². The van der Waals surface area contributed by atoms with Gasteiger partial charge in [-0.25, -0.2) is 0 Å². The molecule has 0 radical (unpaired) electrons. The quantitative estimate of drug-likeness (QED) is 0.498. The Labute approximate surface area is 154 Å². The minimum absolute atomic E-state index is 0.0553. The highest BCUT2D eigenvalue weighted by molar-refractivity contribution is 9.11. The Hall–Kier alpha value is -1.81. The van der Waals surface area contributed by atoms with E-state index in [1.165, 1.54) is 6.08 Å². The average Bonchev–Trinajstić information content (AvgIpc) is 2.51. The summed E-state index contributed by atoms with van der Waals surface area (Å²) >= 11 is 12.3. The van der Waals surface area contributed by atoms with Crippen LogP contribution in [0.4, 0.5) is 5.69 Å². The molecule has 0 unspecified atom stereocenters. The number of carbonyl (C=O) groups is 1. The van der Waals surface area contributed by atoms with Crippen molar-refractivity contribution in [3.63, 3.8) is 0 Å². The molecule has 116 valence electrons. The van der Waals surface area contributed by atoms with E-state index in [0.29, 0.717) is 25.2 Å². The minimum atomic E-state index is -0.578. The number of nitriles is 1. The fourth-order valence-electron chi connectivity index (χ4n) is 1.73. The number of nitrogens with zero attached hydrogens (tertiary/aromatic N) is 1. The van der Waals surface area contributed by atoms with Gasteiger partial charge in [0.15, 0.2) is 0 Å². The first kappa shape index (κ1) is 17.5. The van der Waals surface area contributed by atoms with Gasteiger partial charge in [-0.15, -0.1) is 0 Å². The first-order valence-electron chi connectivity index (χ1n) is 6.27. The van der Waals surface area contributed by atoms with Crippen LogP contribution in [0.2, 0.25) is 5.02 Å². The smallest absolute Gasteiger partial charge is 0.266 e. The van der Waals surface area contributed by atoms with E-state index in [4.69, 9.17) is 11.6 Å². The zero-order valence-electron chi connectivity index (χ0n) is 11.5. The molecule has 0 saturated carbocycles. The normalized spacial score (nSPS) is 11.0. The second-order valence-electron chi connectivity index (χ2n) is 4.46. The number of hydrogen-bond acceptors (Lipinski definition) is 3. The zero-order valence-corrected chi connectivity index (χ0v) is 15.4. The van der Waals surface area contributed by atoms with Gasteiger partial charge in [0.05, 0.1) is 4.47 Å². The summed E-state index contributed by atoms with van der Waals surface area (Å²) in [5.74, 6) is -0.634.